The minimum Gasteiger partial charge on any atom is -0.384 e. The number of carbonyl (C=O) groups is 1. The maximum Gasteiger partial charge on any atom is 0.220 e. The largest absolute Gasteiger partial charge is 0.384 e. The maximum absolute atomic E-state index is 11.5. The fourth-order valence-electron chi connectivity index (χ4n) is 1.62. The van der Waals surface area contributed by atoms with E-state index in [1.54, 1.807) is 31.2 Å². The van der Waals surface area contributed by atoms with Crippen LogP contribution in [0.2, 0.25) is 5.02 Å². The molecule has 0 bridgehead atoms. The molecule has 1 aromatic rings. The Labute approximate surface area is 113 Å². The minimum absolute atomic E-state index is 0.0424. The second kappa shape index (κ2) is 6.21. The van der Waals surface area contributed by atoms with Crippen LogP contribution in [0.15, 0.2) is 24.3 Å². The van der Waals surface area contributed by atoms with Crippen LogP contribution in [0.25, 0.3) is 0 Å². The highest BCUT2D eigenvalue weighted by atomic mass is 35.5. The van der Waals surface area contributed by atoms with E-state index in [1.165, 1.54) is 0 Å². The Kier molecular flexibility index (Phi) is 5.17. The van der Waals surface area contributed by atoms with Crippen LogP contribution in [0.3, 0.4) is 0 Å². The Bertz CT molecular complexity index is 399. The predicted molar refractivity (Wildman–Crippen MR) is 73.5 cm³/mol. The first-order valence-corrected chi connectivity index (χ1v) is 6.44. The van der Waals surface area contributed by atoms with Gasteiger partial charge in [-0.2, -0.15) is 0 Å². The van der Waals surface area contributed by atoms with E-state index in [2.05, 4.69) is 5.32 Å². The molecule has 0 aliphatic rings. The van der Waals surface area contributed by atoms with Crippen molar-refractivity contribution in [3.63, 3.8) is 0 Å². The van der Waals surface area contributed by atoms with Crippen molar-refractivity contribution in [1.82, 2.24) is 5.32 Å². The average Bonchev–Trinajstić information content (AvgIpc) is 2.26. The molecule has 3 nitrogen and oxygen atoms in total. The number of amides is 1. The standard InChI is InChI=1S/C14H20ClNO2/c1-10(2)8-13(17)16-9-14(3,18)11-4-6-12(15)7-5-11/h4-7,10,18H,8-9H2,1-3H3,(H,16,17). The average molecular weight is 270 g/mol. The van der Waals surface area contributed by atoms with Crippen molar-refractivity contribution in [2.75, 3.05) is 6.54 Å². The first-order valence-electron chi connectivity index (χ1n) is 6.06. The fourth-order valence-corrected chi connectivity index (χ4v) is 1.75. The van der Waals surface area contributed by atoms with Gasteiger partial charge in [0.1, 0.15) is 5.60 Å². The summed E-state index contributed by atoms with van der Waals surface area (Å²) in [5, 5.41) is 13.7. The number of nitrogens with one attached hydrogen (secondary N) is 1. The molecule has 18 heavy (non-hydrogen) atoms. The third-order valence-electron chi connectivity index (χ3n) is 2.69. The number of aliphatic hydroxyl groups is 1. The van der Waals surface area contributed by atoms with Crippen LogP contribution in [0.1, 0.15) is 32.8 Å². The molecule has 0 fully saturated rings. The zero-order valence-corrected chi connectivity index (χ0v) is 11.8. The zero-order valence-electron chi connectivity index (χ0n) is 11.0. The molecule has 100 valence electrons. The second-order valence-corrected chi connectivity index (χ2v) is 5.59. The van der Waals surface area contributed by atoms with Crippen LogP contribution in [0.4, 0.5) is 0 Å². The summed E-state index contributed by atoms with van der Waals surface area (Å²) in [4.78, 5) is 11.5. The van der Waals surface area contributed by atoms with Crippen molar-refractivity contribution in [1.29, 1.82) is 0 Å². The maximum atomic E-state index is 11.5. The molecule has 0 radical (unpaired) electrons. The van der Waals surface area contributed by atoms with Gasteiger partial charge < -0.3 is 10.4 Å². The van der Waals surface area contributed by atoms with Crippen molar-refractivity contribution in [2.24, 2.45) is 5.92 Å². The fraction of sp³-hybridized carbons (Fsp3) is 0.500. The molecule has 0 saturated carbocycles. The van der Waals surface area contributed by atoms with Crippen molar-refractivity contribution in [2.45, 2.75) is 32.8 Å². The topological polar surface area (TPSA) is 49.3 Å². The van der Waals surface area contributed by atoms with E-state index in [0.29, 0.717) is 17.4 Å². The Morgan fingerprint density at radius 2 is 1.94 bits per heavy atom. The molecule has 1 amide bonds. The molecule has 1 unspecified atom stereocenters. The Morgan fingerprint density at radius 3 is 2.44 bits per heavy atom. The lowest BCUT2D eigenvalue weighted by atomic mass is 9.96. The number of halogens is 1. The first-order chi connectivity index (χ1) is 8.31. The third-order valence-corrected chi connectivity index (χ3v) is 2.94. The Hall–Kier alpha value is -1.06. The lowest BCUT2D eigenvalue weighted by molar-refractivity contribution is -0.123. The van der Waals surface area contributed by atoms with Crippen LogP contribution in [-0.2, 0) is 10.4 Å². The minimum atomic E-state index is -1.09. The quantitative estimate of drug-likeness (QED) is 0.864. The Balaban J connectivity index is 2.59. The summed E-state index contributed by atoms with van der Waals surface area (Å²) in [6, 6.07) is 6.97. The third kappa shape index (κ3) is 4.67. The number of carbonyl (C=O) groups excluding carboxylic acids is 1. The number of benzene rings is 1. The van der Waals surface area contributed by atoms with Gasteiger partial charge in [-0.1, -0.05) is 37.6 Å². The predicted octanol–water partition coefficient (Wildman–Crippen LogP) is 2.71. The molecular formula is C14H20ClNO2. The highest BCUT2D eigenvalue weighted by Crippen LogP contribution is 2.21. The summed E-state index contributed by atoms with van der Waals surface area (Å²) in [6.45, 7) is 5.83. The summed E-state index contributed by atoms with van der Waals surface area (Å²) >= 11 is 5.80. The van der Waals surface area contributed by atoms with Gasteiger partial charge in [-0.3, -0.25) is 4.79 Å². The molecule has 4 heteroatoms. The highest BCUT2D eigenvalue weighted by Gasteiger charge is 2.23. The summed E-state index contributed by atoms with van der Waals surface area (Å²) in [6.07, 6.45) is 0.469. The monoisotopic (exact) mass is 269 g/mol. The molecule has 0 heterocycles. The first kappa shape index (κ1) is 15.0. The van der Waals surface area contributed by atoms with Crippen molar-refractivity contribution >= 4 is 17.5 Å². The summed E-state index contributed by atoms with van der Waals surface area (Å²) < 4.78 is 0. The second-order valence-electron chi connectivity index (χ2n) is 5.16. The smallest absolute Gasteiger partial charge is 0.220 e. The molecule has 0 aliphatic carbocycles. The van der Waals surface area contributed by atoms with E-state index in [-0.39, 0.29) is 12.5 Å². The van der Waals surface area contributed by atoms with Gasteiger partial charge >= 0.3 is 0 Å². The van der Waals surface area contributed by atoms with Gasteiger partial charge in [0, 0.05) is 11.4 Å². The summed E-state index contributed by atoms with van der Waals surface area (Å²) in [7, 11) is 0. The summed E-state index contributed by atoms with van der Waals surface area (Å²) in [5.74, 6) is 0.268. The van der Waals surface area contributed by atoms with Crippen LogP contribution in [-0.4, -0.2) is 17.6 Å². The van der Waals surface area contributed by atoms with Crippen molar-refractivity contribution < 1.29 is 9.90 Å². The molecule has 0 spiro atoms. The van der Waals surface area contributed by atoms with E-state index in [1.807, 2.05) is 13.8 Å². The van der Waals surface area contributed by atoms with Crippen molar-refractivity contribution in [3.8, 4) is 0 Å². The van der Waals surface area contributed by atoms with E-state index in [0.717, 1.165) is 5.56 Å². The SMILES string of the molecule is CC(C)CC(=O)NCC(C)(O)c1ccc(Cl)cc1. The molecule has 1 aromatic carbocycles. The molecule has 1 rings (SSSR count). The van der Waals surface area contributed by atoms with Gasteiger partial charge in [0.15, 0.2) is 0 Å². The normalized spacial score (nSPS) is 14.3. The van der Waals surface area contributed by atoms with Crippen LogP contribution >= 0.6 is 11.6 Å². The number of hydrogen-bond acceptors (Lipinski definition) is 2. The Morgan fingerprint density at radius 1 is 1.39 bits per heavy atom. The van der Waals surface area contributed by atoms with Crippen LogP contribution < -0.4 is 5.32 Å². The molecule has 2 N–H and O–H groups in total. The van der Waals surface area contributed by atoms with Gasteiger partial charge in [0.05, 0.1) is 6.54 Å². The van der Waals surface area contributed by atoms with E-state index in [9.17, 15) is 9.90 Å². The van der Waals surface area contributed by atoms with Gasteiger partial charge in [-0.05, 0) is 30.5 Å². The van der Waals surface area contributed by atoms with Gasteiger partial charge in [-0.15, -0.1) is 0 Å². The number of rotatable bonds is 5. The molecule has 0 saturated heterocycles. The van der Waals surface area contributed by atoms with Crippen molar-refractivity contribution in [3.05, 3.63) is 34.9 Å². The van der Waals surface area contributed by atoms with Gasteiger partial charge in [0.25, 0.3) is 0 Å². The zero-order chi connectivity index (χ0) is 13.8. The molecule has 0 aromatic heterocycles. The van der Waals surface area contributed by atoms with E-state index < -0.39 is 5.60 Å². The lowest BCUT2D eigenvalue weighted by Crippen LogP contribution is -2.38. The van der Waals surface area contributed by atoms with Gasteiger partial charge in [-0.25, -0.2) is 0 Å². The van der Waals surface area contributed by atoms with Crippen LogP contribution in [0, 0.1) is 5.92 Å². The molecule has 0 aliphatic heterocycles. The van der Waals surface area contributed by atoms with E-state index in [4.69, 9.17) is 11.6 Å². The molecule has 1 atom stereocenters. The highest BCUT2D eigenvalue weighted by molar-refractivity contribution is 6.30. The van der Waals surface area contributed by atoms with Crippen LogP contribution in [0.5, 0.6) is 0 Å². The van der Waals surface area contributed by atoms with Gasteiger partial charge in [0.2, 0.25) is 5.91 Å². The lowest BCUT2D eigenvalue weighted by Gasteiger charge is -2.24. The summed E-state index contributed by atoms with van der Waals surface area (Å²) in [5.41, 5.74) is -0.353. The molecular weight excluding hydrogens is 250 g/mol. The van der Waals surface area contributed by atoms with E-state index >= 15 is 0 Å². The number of hydrogen-bond donors (Lipinski definition) is 2.